The Morgan fingerprint density at radius 3 is 2.94 bits per heavy atom. The maximum atomic E-state index is 9.20. The largest absolute Gasteiger partial charge is 0.300 e. The van der Waals surface area contributed by atoms with Gasteiger partial charge in [0.1, 0.15) is 5.54 Å². The van der Waals surface area contributed by atoms with Crippen LogP contribution < -0.4 is 5.32 Å². The molecular formula is C13H22N4S. The number of aromatic nitrogens is 2. The smallest absolute Gasteiger partial charge is 0.103 e. The van der Waals surface area contributed by atoms with E-state index in [-0.39, 0.29) is 5.54 Å². The number of aryl methyl sites for hydroxylation is 1. The molecule has 100 valence electrons. The molecule has 0 aliphatic rings. The van der Waals surface area contributed by atoms with Crippen molar-refractivity contribution < 1.29 is 0 Å². The lowest BCUT2D eigenvalue weighted by Gasteiger charge is -2.22. The Balaban J connectivity index is 2.25. The second-order valence-electron chi connectivity index (χ2n) is 4.67. The fourth-order valence-corrected chi connectivity index (χ4v) is 2.55. The number of nitrogens with one attached hydrogen (secondary N) is 1. The summed E-state index contributed by atoms with van der Waals surface area (Å²) in [6.07, 6.45) is 6.87. The lowest BCUT2D eigenvalue weighted by Crippen LogP contribution is -2.41. The quantitative estimate of drug-likeness (QED) is 0.580. The minimum atomic E-state index is -0.383. The maximum Gasteiger partial charge on any atom is 0.103 e. The first-order chi connectivity index (χ1) is 8.59. The maximum absolute atomic E-state index is 9.20. The van der Waals surface area contributed by atoms with E-state index < -0.39 is 0 Å². The van der Waals surface area contributed by atoms with Gasteiger partial charge in [-0.2, -0.15) is 10.4 Å². The van der Waals surface area contributed by atoms with Gasteiger partial charge in [-0.05, 0) is 38.5 Å². The van der Waals surface area contributed by atoms with E-state index in [1.165, 1.54) is 4.90 Å². The number of hydrogen-bond acceptors (Lipinski definition) is 4. The number of rotatable bonds is 8. The molecule has 1 aromatic rings. The van der Waals surface area contributed by atoms with Crippen molar-refractivity contribution in [3.63, 3.8) is 0 Å². The number of nitriles is 1. The highest BCUT2D eigenvalue weighted by Gasteiger charge is 2.21. The highest BCUT2D eigenvalue weighted by Crippen LogP contribution is 2.20. The number of thioether (sulfide) groups is 1. The summed E-state index contributed by atoms with van der Waals surface area (Å²) in [5.74, 6) is 1.02. The van der Waals surface area contributed by atoms with Crippen LogP contribution in [0.5, 0.6) is 0 Å². The average Bonchev–Trinajstić information content (AvgIpc) is 2.78. The van der Waals surface area contributed by atoms with Gasteiger partial charge in [0.25, 0.3) is 0 Å². The Labute approximate surface area is 114 Å². The summed E-state index contributed by atoms with van der Waals surface area (Å²) >= 11 is 1.80. The van der Waals surface area contributed by atoms with Crippen molar-refractivity contribution >= 4 is 11.8 Å². The average molecular weight is 266 g/mol. The van der Waals surface area contributed by atoms with E-state index in [2.05, 4.69) is 23.4 Å². The first kappa shape index (κ1) is 15.1. The summed E-state index contributed by atoms with van der Waals surface area (Å²) in [6.45, 7) is 5.00. The van der Waals surface area contributed by atoms with Crippen molar-refractivity contribution in [3.05, 3.63) is 12.4 Å². The Morgan fingerprint density at radius 2 is 2.39 bits per heavy atom. The summed E-state index contributed by atoms with van der Waals surface area (Å²) in [5.41, 5.74) is -0.383. The monoisotopic (exact) mass is 266 g/mol. The van der Waals surface area contributed by atoms with E-state index in [0.717, 1.165) is 31.6 Å². The number of nitrogens with zero attached hydrogens (tertiary/aromatic N) is 3. The highest BCUT2D eigenvalue weighted by atomic mass is 32.2. The standard InChI is InChI=1S/C13H22N4S/c1-4-7-15-13(2,11-14)6-5-8-18-12-9-16-17(3)10-12/h9-10,15H,4-8H2,1-3H3. The molecule has 0 aliphatic heterocycles. The van der Waals surface area contributed by atoms with Crippen LogP contribution in [0.4, 0.5) is 0 Å². The Kier molecular flexibility index (Phi) is 6.23. The van der Waals surface area contributed by atoms with Gasteiger partial charge in [-0.25, -0.2) is 0 Å². The first-order valence-electron chi connectivity index (χ1n) is 6.37. The van der Waals surface area contributed by atoms with Crippen LogP contribution in [0.3, 0.4) is 0 Å². The lowest BCUT2D eigenvalue weighted by atomic mass is 9.98. The minimum Gasteiger partial charge on any atom is -0.300 e. The van der Waals surface area contributed by atoms with Crippen LogP contribution >= 0.6 is 11.8 Å². The summed E-state index contributed by atoms with van der Waals surface area (Å²) < 4.78 is 1.81. The van der Waals surface area contributed by atoms with E-state index >= 15 is 0 Å². The highest BCUT2D eigenvalue weighted by molar-refractivity contribution is 7.99. The third-order valence-electron chi connectivity index (χ3n) is 2.78. The Morgan fingerprint density at radius 1 is 1.61 bits per heavy atom. The van der Waals surface area contributed by atoms with Gasteiger partial charge in [-0.1, -0.05) is 6.92 Å². The van der Waals surface area contributed by atoms with E-state index in [4.69, 9.17) is 0 Å². The first-order valence-corrected chi connectivity index (χ1v) is 7.36. The van der Waals surface area contributed by atoms with Gasteiger partial charge in [0.05, 0.1) is 12.3 Å². The summed E-state index contributed by atoms with van der Waals surface area (Å²) in [4.78, 5) is 1.19. The van der Waals surface area contributed by atoms with E-state index in [1.807, 2.05) is 31.0 Å². The van der Waals surface area contributed by atoms with Crippen molar-refractivity contribution in [2.45, 2.75) is 43.5 Å². The van der Waals surface area contributed by atoms with Crippen LogP contribution in [-0.4, -0.2) is 27.6 Å². The van der Waals surface area contributed by atoms with Crippen molar-refractivity contribution in [2.75, 3.05) is 12.3 Å². The topological polar surface area (TPSA) is 53.6 Å². The van der Waals surface area contributed by atoms with E-state index in [1.54, 1.807) is 11.8 Å². The summed E-state index contributed by atoms with van der Waals surface area (Å²) in [6, 6.07) is 2.38. The zero-order chi connectivity index (χ0) is 13.4. The summed E-state index contributed by atoms with van der Waals surface area (Å²) in [5, 5.41) is 16.6. The molecule has 1 atom stereocenters. The normalized spacial score (nSPS) is 14.1. The third kappa shape index (κ3) is 5.11. The molecule has 0 aliphatic carbocycles. The van der Waals surface area contributed by atoms with Crippen LogP contribution in [-0.2, 0) is 7.05 Å². The van der Waals surface area contributed by atoms with Crippen molar-refractivity contribution in [1.29, 1.82) is 5.26 Å². The molecule has 1 N–H and O–H groups in total. The second-order valence-corrected chi connectivity index (χ2v) is 5.84. The molecule has 0 aromatic carbocycles. The zero-order valence-corrected chi connectivity index (χ0v) is 12.3. The van der Waals surface area contributed by atoms with Crippen LogP contribution in [0.1, 0.15) is 33.1 Å². The number of hydrogen-bond donors (Lipinski definition) is 1. The van der Waals surface area contributed by atoms with Gasteiger partial charge < -0.3 is 0 Å². The van der Waals surface area contributed by atoms with Crippen molar-refractivity contribution in [3.8, 4) is 6.07 Å². The predicted octanol–water partition coefficient (Wildman–Crippen LogP) is 2.57. The Bertz CT molecular complexity index is 396. The molecule has 1 aromatic heterocycles. The second kappa shape index (κ2) is 7.45. The van der Waals surface area contributed by atoms with Crippen LogP contribution in [0, 0.1) is 11.3 Å². The van der Waals surface area contributed by atoms with Gasteiger partial charge in [0.2, 0.25) is 0 Å². The van der Waals surface area contributed by atoms with Gasteiger partial charge in [-0.3, -0.25) is 10.00 Å². The molecule has 0 saturated heterocycles. The van der Waals surface area contributed by atoms with Gasteiger partial charge in [-0.15, -0.1) is 11.8 Å². The molecule has 1 unspecified atom stereocenters. The molecule has 1 rings (SSSR count). The SMILES string of the molecule is CCCNC(C)(C#N)CCCSc1cnn(C)c1. The van der Waals surface area contributed by atoms with Crippen LogP contribution in [0.15, 0.2) is 17.3 Å². The van der Waals surface area contributed by atoms with E-state index in [9.17, 15) is 5.26 Å². The molecule has 0 radical (unpaired) electrons. The van der Waals surface area contributed by atoms with Crippen LogP contribution in [0.25, 0.3) is 0 Å². The fourth-order valence-electron chi connectivity index (χ4n) is 1.67. The fraction of sp³-hybridized carbons (Fsp3) is 0.692. The molecule has 0 fully saturated rings. The van der Waals surface area contributed by atoms with Gasteiger partial charge >= 0.3 is 0 Å². The molecule has 1 heterocycles. The summed E-state index contributed by atoms with van der Waals surface area (Å²) in [7, 11) is 1.92. The lowest BCUT2D eigenvalue weighted by molar-refractivity contribution is 0.415. The minimum absolute atomic E-state index is 0.383. The molecule has 5 heteroatoms. The van der Waals surface area contributed by atoms with Gasteiger partial charge in [0, 0.05) is 18.1 Å². The third-order valence-corrected chi connectivity index (χ3v) is 3.82. The molecule has 0 amide bonds. The molecule has 0 saturated carbocycles. The van der Waals surface area contributed by atoms with Gasteiger partial charge in [0.15, 0.2) is 0 Å². The molecule has 0 spiro atoms. The molecule has 18 heavy (non-hydrogen) atoms. The predicted molar refractivity (Wildman–Crippen MR) is 75.5 cm³/mol. The molecule has 4 nitrogen and oxygen atoms in total. The van der Waals surface area contributed by atoms with Crippen molar-refractivity contribution in [1.82, 2.24) is 15.1 Å². The van der Waals surface area contributed by atoms with Crippen molar-refractivity contribution in [2.24, 2.45) is 7.05 Å². The molecule has 0 bridgehead atoms. The van der Waals surface area contributed by atoms with E-state index in [0.29, 0.717) is 0 Å². The van der Waals surface area contributed by atoms with Crippen LogP contribution in [0.2, 0.25) is 0 Å². The molecular weight excluding hydrogens is 244 g/mol. The Hall–Kier alpha value is -0.990. The zero-order valence-electron chi connectivity index (χ0n) is 11.4.